The van der Waals surface area contributed by atoms with Crippen LogP contribution in [0.3, 0.4) is 0 Å². The summed E-state index contributed by atoms with van der Waals surface area (Å²) in [6.07, 6.45) is 3.64. The normalized spacial score (nSPS) is 14.8. The van der Waals surface area contributed by atoms with Crippen molar-refractivity contribution in [3.8, 4) is 22.4 Å². The molecule has 5 heteroatoms. The number of nitrogens with one attached hydrogen (secondary N) is 1. The predicted octanol–water partition coefficient (Wildman–Crippen LogP) is 6.02. The minimum atomic E-state index is -0.848. The molecule has 2 aromatic carbocycles. The smallest absolute Gasteiger partial charge is 0.166 e. The molecule has 0 spiro atoms. The van der Waals surface area contributed by atoms with Gasteiger partial charge < -0.3 is 5.32 Å². The molecule has 0 radical (unpaired) electrons. The van der Waals surface area contributed by atoms with Crippen LogP contribution < -0.4 is 5.32 Å². The molecule has 3 heterocycles. The van der Waals surface area contributed by atoms with E-state index < -0.39 is 11.6 Å². The maximum Gasteiger partial charge on any atom is 0.166 e. The molecule has 1 fully saturated rings. The van der Waals surface area contributed by atoms with Crippen LogP contribution in [0.15, 0.2) is 60.8 Å². The van der Waals surface area contributed by atoms with Gasteiger partial charge in [0.15, 0.2) is 11.6 Å². The van der Waals surface area contributed by atoms with Crippen molar-refractivity contribution in [1.29, 1.82) is 0 Å². The first kappa shape index (κ1) is 19.8. The molecule has 1 N–H and O–H groups in total. The Labute approximate surface area is 180 Å². The van der Waals surface area contributed by atoms with Gasteiger partial charge in [-0.25, -0.2) is 8.78 Å². The average Bonchev–Trinajstić information content (AvgIpc) is 2.81. The first-order valence-corrected chi connectivity index (χ1v) is 10.6. The molecule has 0 atom stereocenters. The zero-order valence-corrected chi connectivity index (χ0v) is 17.3. The molecular formula is C26H23F2N3. The molecule has 0 amide bonds. The van der Waals surface area contributed by atoms with E-state index in [1.54, 1.807) is 18.3 Å². The van der Waals surface area contributed by atoms with Crippen molar-refractivity contribution in [3.63, 3.8) is 0 Å². The Morgan fingerprint density at radius 1 is 0.903 bits per heavy atom. The lowest BCUT2D eigenvalue weighted by atomic mass is 9.90. The van der Waals surface area contributed by atoms with Gasteiger partial charge in [-0.15, -0.1) is 0 Å². The average molecular weight is 415 g/mol. The predicted molar refractivity (Wildman–Crippen MR) is 120 cm³/mol. The van der Waals surface area contributed by atoms with Crippen molar-refractivity contribution < 1.29 is 8.78 Å². The summed E-state index contributed by atoms with van der Waals surface area (Å²) in [5.41, 5.74) is 5.41. The number of halogens is 2. The summed E-state index contributed by atoms with van der Waals surface area (Å²) in [4.78, 5) is 9.70. The number of aryl methyl sites for hydroxylation is 1. The maximum absolute atomic E-state index is 14.9. The van der Waals surface area contributed by atoms with E-state index in [0.29, 0.717) is 5.56 Å². The highest BCUT2D eigenvalue weighted by molar-refractivity contribution is 6.01. The number of aromatic nitrogens is 2. The second-order valence-electron chi connectivity index (χ2n) is 8.09. The van der Waals surface area contributed by atoms with Crippen LogP contribution >= 0.6 is 0 Å². The Balaban J connectivity index is 1.82. The van der Waals surface area contributed by atoms with Crippen LogP contribution in [0, 0.1) is 18.6 Å². The summed E-state index contributed by atoms with van der Waals surface area (Å²) in [5.74, 6) is -1.41. The van der Waals surface area contributed by atoms with Crippen LogP contribution in [-0.4, -0.2) is 23.1 Å². The number of rotatable bonds is 3. The second kappa shape index (κ2) is 8.16. The fourth-order valence-electron chi connectivity index (χ4n) is 4.47. The standard InChI is InChI=1S/C26H23F2N3/c1-16-5-2-3-6-18(16)25-26-20(11-14-30-25)21(19-7-4-8-22(27)24(19)28)15-23(31-26)17-9-12-29-13-10-17/h2-8,11,14-15,17,29H,9-10,12-13H2,1H3. The van der Waals surface area contributed by atoms with Crippen LogP contribution in [-0.2, 0) is 0 Å². The van der Waals surface area contributed by atoms with Crippen LogP contribution in [0.1, 0.15) is 30.0 Å². The summed E-state index contributed by atoms with van der Waals surface area (Å²) in [6, 6.07) is 16.2. The Morgan fingerprint density at radius 3 is 2.48 bits per heavy atom. The van der Waals surface area contributed by atoms with Gasteiger partial charge in [-0.2, -0.15) is 0 Å². The molecule has 5 rings (SSSR count). The van der Waals surface area contributed by atoms with Gasteiger partial charge in [-0.05, 0) is 62.2 Å². The summed E-state index contributed by atoms with van der Waals surface area (Å²) >= 11 is 0. The zero-order chi connectivity index (χ0) is 21.4. The number of fused-ring (bicyclic) bond motifs is 1. The first-order valence-electron chi connectivity index (χ1n) is 10.6. The van der Waals surface area contributed by atoms with Crippen LogP contribution in [0.2, 0.25) is 0 Å². The van der Waals surface area contributed by atoms with E-state index in [1.807, 2.05) is 43.3 Å². The van der Waals surface area contributed by atoms with E-state index in [4.69, 9.17) is 4.98 Å². The number of nitrogens with zero attached hydrogens (tertiary/aromatic N) is 2. The SMILES string of the molecule is Cc1ccccc1-c1nccc2c(-c3cccc(F)c3F)cc(C3CCNCC3)nc12. The molecule has 0 unspecified atom stereocenters. The Morgan fingerprint density at radius 2 is 1.68 bits per heavy atom. The summed E-state index contributed by atoms with van der Waals surface area (Å²) in [6.45, 7) is 3.89. The highest BCUT2D eigenvalue weighted by Crippen LogP contribution is 2.38. The van der Waals surface area contributed by atoms with E-state index >= 15 is 0 Å². The Hall–Kier alpha value is -3.18. The molecule has 1 saturated heterocycles. The van der Waals surface area contributed by atoms with Gasteiger partial charge in [0.2, 0.25) is 0 Å². The van der Waals surface area contributed by atoms with Crippen molar-refractivity contribution in [1.82, 2.24) is 15.3 Å². The van der Waals surface area contributed by atoms with E-state index in [0.717, 1.165) is 65.4 Å². The molecule has 156 valence electrons. The third-order valence-electron chi connectivity index (χ3n) is 6.15. The monoisotopic (exact) mass is 415 g/mol. The van der Waals surface area contributed by atoms with E-state index in [1.165, 1.54) is 0 Å². The maximum atomic E-state index is 14.9. The molecule has 1 aliphatic heterocycles. The summed E-state index contributed by atoms with van der Waals surface area (Å²) in [5, 5.41) is 4.15. The van der Waals surface area contributed by atoms with Crippen LogP contribution in [0.25, 0.3) is 33.3 Å². The minimum absolute atomic E-state index is 0.254. The van der Waals surface area contributed by atoms with E-state index in [-0.39, 0.29) is 11.5 Å². The minimum Gasteiger partial charge on any atom is -0.317 e. The first-order chi connectivity index (χ1) is 15.1. The van der Waals surface area contributed by atoms with Gasteiger partial charge in [-0.1, -0.05) is 36.4 Å². The summed E-state index contributed by atoms with van der Waals surface area (Å²) in [7, 11) is 0. The molecule has 3 nitrogen and oxygen atoms in total. The third-order valence-corrected chi connectivity index (χ3v) is 6.15. The molecule has 0 saturated carbocycles. The molecular weight excluding hydrogens is 392 g/mol. The fraction of sp³-hybridized carbons (Fsp3) is 0.231. The Bertz CT molecular complexity index is 1260. The number of hydrogen-bond donors (Lipinski definition) is 1. The molecule has 1 aliphatic rings. The molecule has 4 aromatic rings. The third kappa shape index (κ3) is 3.59. The largest absolute Gasteiger partial charge is 0.317 e. The van der Waals surface area contributed by atoms with E-state index in [9.17, 15) is 8.78 Å². The van der Waals surface area contributed by atoms with Gasteiger partial charge in [0.25, 0.3) is 0 Å². The van der Waals surface area contributed by atoms with E-state index in [2.05, 4.69) is 10.3 Å². The van der Waals surface area contributed by atoms with Crippen molar-refractivity contribution in [3.05, 3.63) is 83.7 Å². The lowest BCUT2D eigenvalue weighted by molar-refractivity contribution is 0.454. The number of benzene rings is 2. The van der Waals surface area contributed by atoms with Crippen LogP contribution in [0.5, 0.6) is 0 Å². The lowest BCUT2D eigenvalue weighted by Crippen LogP contribution is -2.27. The van der Waals surface area contributed by atoms with Gasteiger partial charge in [-0.3, -0.25) is 9.97 Å². The molecule has 0 bridgehead atoms. The van der Waals surface area contributed by atoms with Crippen molar-refractivity contribution in [2.75, 3.05) is 13.1 Å². The highest BCUT2D eigenvalue weighted by Gasteiger charge is 2.22. The van der Waals surface area contributed by atoms with Gasteiger partial charge >= 0.3 is 0 Å². The number of piperidine rings is 1. The van der Waals surface area contributed by atoms with Gasteiger partial charge in [0.1, 0.15) is 0 Å². The number of hydrogen-bond acceptors (Lipinski definition) is 3. The molecule has 31 heavy (non-hydrogen) atoms. The van der Waals surface area contributed by atoms with Crippen LogP contribution in [0.4, 0.5) is 8.78 Å². The van der Waals surface area contributed by atoms with Gasteiger partial charge in [0.05, 0.1) is 11.2 Å². The Kier molecular flexibility index (Phi) is 5.20. The zero-order valence-electron chi connectivity index (χ0n) is 17.3. The van der Waals surface area contributed by atoms with Crippen molar-refractivity contribution in [2.45, 2.75) is 25.7 Å². The van der Waals surface area contributed by atoms with Crippen molar-refractivity contribution >= 4 is 10.9 Å². The highest BCUT2D eigenvalue weighted by atomic mass is 19.2. The number of pyridine rings is 2. The van der Waals surface area contributed by atoms with Crippen molar-refractivity contribution in [2.24, 2.45) is 0 Å². The molecule has 2 aromatic heterocycles. The lowest BCUT2D eigenvalue weighted by Gasteiger charge is -2.23. The second-order valence-corrected chi connectivity index (χ2v) is 8.09. The fourth-order valence-corrected chi connectivity index (χ4v) is 4.47. The summed E-state index contributed by atoms with van der Waals surface area (Å²) < 4.78 is 29.0. The van der Waals surface area contributed by atoms with Gasteiger partial charge in [0, 0.05) is 34.3 Å². The quantitative estimate of drug-likeness (QED) is 0.445. The molecule has 0 aliphatic carbocycles. The topological polar surface area (TPSA) is 37.8 Å².